The first-order valence-corrected chi connectivity index (χ1v) is 21.8. The molecular formula is C36H46Cl2NO3PSi2. The molecule has 0 aliphatic rings. The zero-order valence-electron chi connectivity index (χ0n) is 27.3. The summed E-state index contributed by atoms with van der Waals surface area (Å²) in [6, 6.07) is 41.0. The second kappa shape index (κ2) is 14.8. The van der Waals surface area contributed by atoms with Gasteiger partial charge in [0.2, 0.25) is 0 Å². The van der Waals surface area contributed by atoms with Crippen LogP contribution in [0.3, 0.4) is 0 Å². The second-order valence-corrected chi connectivity index (χ2v) is 25.1. The molecule has 4 aromatic carbocycles. The van der Waals surface area contributed by atoms with Crippen LogP contribution in [0, 0.1) is 0 Å². The summed E-state index contributed by atoms with van der Waals surface area (Å²) in [6.07, 6.45) is 0. The lowest BCUT2D eigenvalue weighted by atomic mass is 10.2. The fraction of sp³-hybridized carbons (Fsp3) is 0.333. The van der Waals surface area contributed by atoms with Gasteiger partial charge < -0.3 is 8.43 Å². The Morgan fingerprint density at radius 2 is 0.778 bits per heavy atom. The number of halogens is 2. The summed E-state index contributed by atoms with van der Waals surface area (Å²) < 4.78 is 33.2. The number of hydrogen-bond acceptors (Lipinski definition) is 3. The molecule has 0 bridgehead atoms. The van der Waals surface area contributed by atoms with Gasteiger partial charge in [-0.15, -0.1) is 23.2 Å². The highest BCUT2D eigenvalue weighted by atomic mass is 35.5. The quantitative estimate of drug-likeness (QED) is 0.0806. The first kappa shape index (κ1) is 35.9. The van der Waals surface area contributed by atoms with Crippen LogP contribution in [-0.4, -0.2) is 46.2 Å². The maximum absolute atomic E-state index is 16.3. The highest BCUT2D eigenvalue weighted by Crippen LogP contribution is 2.61. The van der Waals surface area contributed by atoms with Crippen molar-refractivity contribution >= 4 is 68.3 Å². The lowest BCUT2D eigenvalue weighted by Gasteiger charge is -2.50. The molecule has 4 aromatic rings. The van der Waals surface area contributed by atoms with Crippen molar-refractivity contribution in [1.29, 1.82) is 0 Å². The van der Waals surface area contributed by atoms with E-state index in [0.717, 1.165) is 20.7 Å². The predicted octanol–water partition coefficient (Wildman–Crippen LogP) is 8.03. The molecule has 0 aromatic heterocycles. The van der Waals surface area contributed by atoms with Gasteiger partial charge in [-0.2, -0.15) is 0 Å². The van der Waals surface area contributed by atoms with Crippen molar-refractivity contribution in [2.75, 3.05) is 24.8 Å². The van der Waals surface area contributed by atoms with Gasteiger partial charge in [0.1, 0.15) is 0 Å². The highest BCUT2D eigenvalue weighted by molar-refractivity contribution is 7.56. The van der Waals surface area contributed by atoms with Gasteiger partial charge >= 0.3 is 7.75 Å². The van der Waals surface area contributed by atoms with Crippen LogP contribution < -0.4 is 20.7 Å². The predicted molar refractivity (Wildman–Crippen MR) is 198 cm³/mol. The number of rotatable bonds is 13. The number of hydrogen-bond donors (Lipinski definition) is 0. The van der Waals surface area contributed by atoms with Crippen molar-refractivity contribution < 1.29 is 13.0 Å². The topological polar surface area (TPSA) is 38.8 Å². The molecule has 0 saturated heterocycles. The summed E-state index contributed by atoms with van der Waals surface area (Å²) in [5.74, 6) is 0.490. The minimum atomic E-state index is -4.17. The van der Waals surface area contributed by atoms with Crippen LogP contribution in [0.1, 0.15) is 41.5 Å². The fourth-order valence-corrected chi connectivity index (χ4v) is 22.4. The molecule has 0 aliphatic heterocycles. The highest BCUT2D eigenvalue weighted by Gasteiger charge is 2.60. The van der Waals surface area contributed by atoms with E-state index in [1.807, 2.05) is 72.8 Å². The van der Waals surface area contributed by atoms with Gasteiger partial charge in [-0.25, -0.2) is 9.24 Å². The van der Waals surface area contributed by atoms with Crippen LogP contribution in [0.4, 0.5) is 0 Å². The molecule has 0 atom stereocenters. The molecule has 9 heteroatoms. The van der Waals surface area contributed by atoms with Gasteiger partial charge in [0, 0.05) is 24.8 Å². The number of nitrogens with zero attached hydrogens (tertiary/aromatic N) is 1. The van der Waals surface area contributed by atoms with Crippen LogP contribution in [0.25, 0.3) is 0 Å². The lowest BCUT2D eigenvalue weighted by Crippen LogP contribution is -2.69. The Morgan fingerprint density at radius 3 is 0.978 bits per heavy atom. The average Bonchev–Trinajstić information content (AvgIpc) is 3.03. The molecule has 0 spiro atoms. The van der Waals surface area contributed by atoms with Crippen LogP contribution >= 0.6 is 30.9 Å². The van der Waals surface area contributed by atoms with E-state index >= 15 is 4.57 Å². The van der Waals surface area contributed by atoms with E-state index in [9.17, 15) is 0 Å². The summed E-state index contributed by atoms with van der Waals surface area (Å²) in [4.78, 5) is 0. The second-order valence-electron chi connectivity index (χ2n) is 13.3. The molecule has 0 radical (unpaired) electrons. The molecule has 0 aliphatic carbocycles. The van der Waals surface area contributed by atoms with Crippen molar-refractivity contribution in [3.63, 3.8) is 0 Å². The summed E-state index contributed by atoms with van der Waals surface area (Å²) >= 11 is 12.9. The smallest absolute Gasteiger partial charge is 0.329 e. The monoisotopic (exact) mass is 697 g/mol. The SMILES string of the molecule is CC(C)(C)[Si](OP(=O)(O[Si](c1ccccc1)(c1ccccc1)C(C)(C)C)N(CCCl)CCCl)(c1ccccc1)c1ccccc1. The summed E-state index contributed by atoms with van der Waals surface area (Å²) in [6.45, 7) is 13.7. The van der Waals surface area contributed by atoms with Crippen molar-refractivity contribution in [3.8, 4) is 0 Å². The third-order valence-corrected chi connectivity index (χ3v) is 22.6. The summed E-state index contributed by atoms with van der Waals surface area (Å²) in [5.41, 5.74) is 0. The van der Waals surface area contributed by atoms with Crippen LogP contribution in [-0.2, 0) is 13.0 Å². The Balaban J connectivity index is 2.11. The first-order chi connectivity index (χ1) is 21.4. The minimum Gasteiger partial charge on any atom is -0.329 e. The van der Waals surface area contributed by atoms with E-state index < -0.39 is 34.5 Å². The van der Waals surface area contributed by atoms with Crippen molar-refractivity contribution in [2.24, 2.45) is 0 Å². The standard InChI is InChI=1S/C36H46Cl2NO3PSi2/c1-35(2,3)44(31-19-11-7-12-20-31,32-21-13-8-14-22-32)41-43(40,39(29-27-37)30-28-38)42-45(36(4,5)6,33-23-15-9-16-24-33)34-25-17-10-18-26-34/h7-26H,27-30H2,1-6H3. The third kappa shape index (κ3) is 7.29. The zero-order chi connectivity index (χ0) is 32.8. The molecular weight excluding hydrogens is 652 g/mol. The zero-order valence-corrected chi connectivity index (χ0v) is 31.7. The fourth-order valence-electron chi connectivity index (χ4n) is 6.27. The van der Waals surface area contributed by atoms with E-state index in [1.165, 1.54) is 0 Å². The maximum Gasteiger partial charge on any atom is 0.389 e. The first-order valence-electron chi connectivity index (χ1n) is 15.5. The van der Waals surface area contributed by atoms with Crippen LogP contribution in [0.15, 0.2) is 121 Å². The normalized spacial score (nSPS) is 13.3. The van der Waals surface area contributed by atoms with Gasteiger partial charge in [0.25, 0.3) is 16.6 Å². The maximum atomic E-state index is 16.3. The number of benzene rings is 4. The number of alkyl halides is 2. The van der Waals surface area contributed by atoms with Gasteiger partial charge in [-0.3, -0.25) is 0 Å². The molecule has 0 saturated carbocycles. The molecule has 0 fully saturated rings. The third-order valence-electron chi connectivity index (χ3n) is 8.37. The van der Waals surface area contributed by atoms with E-state index in [0.29, 0.717) is 13.1 Å². The summed E-state index contributed by atoms with van der Waals surface area (Å²) in [7, 11) is -10.9. The molecule has 0 N–H and O–H groups in total. The van der Waals surface area contributed by atoms with E-state index in [-0.39, 0.29) is 11.8 Å². The lowest BCUT2D eigenvalue weighted by molar-refractivity contribution is 0.284. The van der Waals surface area contributed by atoms with Crippen molar-refractivity contribution in [3.05, 3.63) is 121 Å². The Kier molecular flexibility index (Phi) is 11.8. The van der Waals surface area contributed by atoms with Crippen molar-refractivity contribution in [1.82, 2.24) is 4.67 Å². The summed E-state index contributed by atoms with van der Waals surface area (Å²) in [5, 5.41) is 3.21. The van der Waals surface area contributed by atoms with Crippen LogP contribution in [0.5, 0.6) is 0 Å². The molecule has 4 nitrogen and oxygen atoms in total. The Labute approximate surface area is 282 Å². The molecule has 0 unspecified atom stereocenters. The van der Waals surface area contributed by atoms with Gasteiger partial charge in [-0.1, -0.05) is 163 Å². The molecule has 4 rings (SSSR count). The minimum absolute atomic E-state index is 0.245. The Hall–Kier alpha value is -2.00. The van der Waals surface area contributed by atoms with E-state index in [4.69, 9.17) is 31.6 Å². The Morgan fingerprint density at radius 1 is 0.533 bits per heavy atom. The van der Waals surface area contributed by atoms with Crippen LogP contribution in [0.2, 0.25) is 10.1 Å². The van der Waals surface area contributed by atoms with E-state index in [2.05, 4.69) is 90.1 Å². The van der Waals surface area contributed by atoms with Crippen molar-refractivity contribution in [2.45, 2.75) is 51.6 Å². The van der Waals surface area contributed by atoms with Gasteiger partial charge in [0.15, 0.2) is 0 Å². The molecule has 45 heavy (non-hydrogen) atoms. The van der Waals surface area contributed by atoms with Gasteiger partial charge in [0.05, 0.1) is 0 Å². The molecule has 240 valence electrons. The molecule has 0 heterocycles. The largest absolute Gasteiger partial charge is 0.389 e. The Bertz CT molecular complexity index is 1340. The molecule has 0 amide bonds. The average molecular weight is 699 g/mol. The van der Waals surface area contributed by atoms with E-state index in [1.54, 1.807) is 4.67 Å². The van der Waals surface area contributed by atoms with Gasteiger partial charge in [-0.05, 0) is 30.8 Å².